The number of pyridine rings is 1. The molecule has 1 rings (SSSR count). The summed E-state index contributed by atoms with van der Waals surface area (Å²) in [5.74, 6) is 0.469. The minimum atomic E-state index is -0.0224. The van der Waals surface area contributed by atoms with Gasteiger partial charge in [0.15, 0.2) is 10.9 Å². The van der Waals surface area contributed by atoms with E-state index in [1.807, 2.05) is 0 Å². The van der Waals surface area contributed by atoms with Crippen LogP contribution in [0.15, 0.2) is 18.3 Å². The van der Waals surface area contributed by atoms with Gasteiger partial charge < -0.3 is 5.73 Å². The number of carbonyl (C=O) groups is 1. The highest BCUT2D eigenvalue weighted by atomic mass is 32.1. The van der Waals surface area contributed by atoms with Gasteiger partial charge in [-0.15, -0.1) is 0 Å². The normalized spacial score (nSPS) is 9.21. The van der Waals surface area contributed by atoms with Crippen molar-refractivity contribution in [2.45, 2.75) is 6.92 Å². The number of carbonyl (C=O) groups excluding carboxylic acids is 1. The molecular formula is C8H10N4OS. The van der Waals surface area contributed by atoms with Crippen LogP contribution in [0, 0.1) is 0 Å². The third-order valence-corrected chi connectivity index (χ3v) is 1.58. The molecule has 0 saturated carbocycles. The fourth-order valence-electron chi connectivity index (χ4n) is 0.844. The standard InChI is InChI=1S/C8H10N4OS/c1-5(13)6-2-3-10-7(4-6)11-12-8(9)14/h2-4H,1H3,(H,10,11)(H3,9,12,14). The van der Waals surface area contributed by atoms with Crippen molar-refractivity contribution < 1.29 is 4.79 Å². The van der Waals surface area contributed by atoms with Crippen LogP contribution in [0.1, 0.15) is 17.3 Å². The van der Waals surface area contributed by atoms with Gasteiger partial charge in [-0.1, -0.05) is 0 Å². The van der Waals surface area contributed by atoms with E-state index >= 15 is 0 Å². The molecule has 0 aliphatic carbocycles. The van der Waals surface area contributed by atoms with Gasteiger partial charge in [0.1, 0.15) is 5.82 Å². The Kier molecular flexibility index (Phi) is 3.35. The molecule has 0 radical (unpaired) electrons. The largest absolute Gasteiger partial charge is 0.375 e. The Hall–Kier alpha value is -1.69. The first-order valence-electron chi connectivity index (χ1n) is 3.88. The van der Waals surface area contributed by atoms with Gasteiger partial charge in [-0.2, -0.15) is 0 Å². The van der Waals surface area contributed by atoms with Crippen LogP contribution in [0.3, 0.4) is 0 Å². The number of nitrogens with one attached hydrogen (secondary N) is 2. The monoisotopic (exact) mass is 210 g/mol. The summed E-state index contributed by atoms with van der Waals surface area (Å²) in [6, 6.07) is 3.24. The van der Waals surface area contributed by atoms with E-state index in [1.165, 1.54) is 13.1 Å². The molecule has 0 bridgehead atoms. The highest BCUT2D eigenvalue weighted by molar-refractivity contribution is 7.80. The van der Waals surface area contributed by atoms with Crippen molar-refractivity contribution in [1.29, 1.82) is 0 Å². The average molecular weight is 210 g/mol. The van der Waals surface area contributed by atoms with Crippen LogP contribution in [0.4, 0.5) is 5.82 Å². The van der Waals surface area contributed by atoms with E-state index in [9.17, 15) is 4.79 Å². The maximum atomic E-state index is 11.0. The van der Waals surface area contributed by atoms with Gasteiger partial charge in [0.2, 0.25) is 0 Å². The first-order chi connectivity index (χ1) is 6.59. The SMILES string of the molecule is CC(=O)c1ccnc(NNC(N)=S)c1. The third-order valence-electron chi connectivity index (χ3n) is 1.48. The molecule has 0 amide bonds. The number of nitrogens with zero attached hydrogens (tertiary/aromatic N) is 1. The van der Waals surface area contributed by atoms with E-state index in [0.717, 1.165) is 0 Å². The van der Waals surface area contributed by atoms with E-state index < -0.39 is 0 Å². The predicted molar refractivity (Wildman–Crippen MR) is 57.8 cm³/mol. The van der Waals surface area contributed by atoms with Gasteiger partial charge in [-0.25, -0.2) is 4.98 Å². The van der Waals surface area contributed by atoms with Crippen molar-refractivity contribution in [3.05, 3.63) is 23.9 Å². The molecule has 0 fully saturated rings. The van der Waals surface area contributed by atoms with Gasteiger partial charge >= 0.3 is 0 Å². The van der Waals surface area contributed by atoms with Gasteiger partial charge in [-0.05, 0) is 31.3 Å². The van der Waals surface area contributed by atoms with E-state index in [4.69, 9.17) is 5.73 Å². The lowest BCUT2D eigenvalue weighted by molar-refractivity contribution is 0.101. The van der Waals surface area contributed by atoms with E-state index in [1.54, 1.807) is 12.1 Å². The number of nitrogens with two attached hydrogens (primary N) is 1. The zero-order chi connectivity index (χ0) is 10.6. The van der Waals surface area contributed by atoms with E-state index in [2.05, 4.69) is 28.1 Å². The number of ketones is 1. The minimum absolute atomic E-state index is 0.0224. The molecule has 1 heterocycles. The van der Waals surface area contributed by atoms with Crippen molar-refractivity contribution in [3.8, 4) is 0 Å². The van der Waals surface area contributed by atoms with Crippen LogP contribution < -0.4 is 16.6 Å². The number of thiocarbonyl (C=S) groups is 1. The quantitative estimate of drug-likeness (QED) is 0.382. The Bertz CT molecular complexity index is 366. The molecule has 0 spiro atoms. The summed E-state index contributed by atoms with van der Waals surface area (Å²) in [6.07, 6.45) is 1.53. The van der Waals surface area contributed by atoms with Gasteiger partial charge in [0, 0.05) is 11.8 Å². The molecule has 5 nitrogen and oxygen atoms in total. The maximum absolute atomic E-state index is 11.0. The Balaban J connectivity index is 2.73. The van der Waals surface area contributed by atoms with Gasteiger partial charge in [0.05, 0.1) is 0 Å². The number of anilines is 1. The van der Waals surface area contributed by atoms with Crippen molar-refractivity contribution in [2.24, 2.45) is 5.73 Å². The molecule has 4 N–H and O–H groups in total. The molecule has 0 aliphatic heterocycles. The lowest BCUT2D eigenvalue weighted by atomic mass is 10.2. The predicted octanol–water partition coefficient (Wildman–Crippen LogP) is 0.444. The molecule has 0 aromatic carbocycles. The first-order valence-corrected chi connectivity index (χ1v) is 4.29. The van der Waals surface area contributed by atoms with Crippen LogP contribution in [-0.4, -0.2) is 15.9 Å². The lowest BCUT2D eigenvalue weighted by Crippen LogP contribution is -2.34. The van der Waals surface area contributed by atoms with Crippen molar-refractivity contribution in [1.82, 2.24) is 10.4 Å². The smallest absolute Gasteiger partial charge is 0.182 e. The minimum Gasteiger partial charge on any atom is -0.375 e. The van der Waals surface area contributed by atoms with Crippen molar-refractivity contribution in [2.75, 3.05) is 5.43 Å². The second kappa shape index (κ2) is 4.52. The number of hydrogen-bond acceptors (Lipinski definition) is 4. The first kappa shape index (κ1) is 10.4. The third kappa shape index (κ3) is 2.98. The van der Waals surface area contributed by atoms with Crippen molar-refractivity contribution in [3.63, 3.8) is 0 Å². The number of Topliss-reactive ketones (excluding diaryl/α,β-unsaturated/α-hetero) is 1. The van der Waals surface area contributed by atoms with E-state index in [-0.39, 0.29) is 10.9 Å². The summed E-state index contributed by atoms with van der Waals surface area (Å²) in [7, 11) is 0. The molecule has 1 aromatic heterocycles. The second-order valence-corrected chi connectivity index (χ2v) is 3.04. The molecular weight excluding hydrogens is 200 g/mol. The number of aromatic nitrogens is 1. The van der Waals surface area contributed by atoms with Crippen LogP contribution >= 0.6 is 12.2 Å². The number of hydrazine groups is 1. The molecule has 0 atom stereocenters. The zero-order valence-electron chi connectivity index (χ0n) is 7.57. The molecule has 14 heavy (non-hydrogen) atoms. The summed E-state index contributed by atoms with van der Waals surface area (Å²) < 4.78 is 0. The molecule has 0 aliphatic rings. The fraction of sp³-hybridized carbons (Fsp3) is 0.125. The lowest BCUT2D eigenvalue weighted by Gasteiger charge is -2.06. The van der Waals surface area contributed by atoms with Crippen LogP contribution in [0.25, 0.3) is 0 Å². The molecule has 0 unspecified atom stereocenters. The van der Waals surface area contributed by atoms with Gasteiger partial charge in [-0.3, -0.25) is 15.6 Å². The van der Waals surface area contributed by atoms with E-state index in [0.29, 0.717) is 11.4 Å². The van der Waals surface area contributed by atoms with Crippen LogP contribution in [-0.2, 0) is 0 Å². The van der Waals surface area contributed by atoms with Crippen molar-refractivity contribution >= 4 is 28.9 Å². The summed E-state index contributed by atoms with van der Waals surface area (Å²) >= 11 is 4.59. The molecule has 74 valence electrons. The Morgan fingerprint density at radius 2 is 2.36 bits per heavy atom. The Morgan fingerprint density at radius 1 is 1.64 bits per heavy atom. The maximum Gasteiger partial charge on any atom is 0.182 e. The van der Waals surface area contributed by atoms with Crippen LogP contribution in [0.5, 0.6) is 0 Å². The fourth-order valence-corrected chi connectivity index (χ4v) is 0.895. The summed E-state index contributed by atoms with van der Waals surface area (Å²) in [5, 5.41) is 0.111. The Morgan fingerprint density at radius 3 is 2.93 bits per heavy atom. The molecule has 0 saturated heterocycles. The second-order valence-electron chi connectivity index (χ2n) is 2.60. The molecule has 6 heteroatoms. The molecule has 1 aromatic rings. The average Bonchev–Trinajstić information content (AvgIpc) is 2.15. The zero-order valence-corrected chi connectivity index (χ0v) is 8.39. The number of hydrogen-bond donors (Lipinski definition) is 3. The van der Waals surface area contributed by atoms with Crippen LogP contribution in [0.2, 0.25) is 0 Å². The Labute approximate surface area is 86.7 Å². The highest BCUT2D eigenvalue weighted by Gasteiger charge is 2.00. The van der Waals surface area contributed by atoms with Gasteiger partial charge in [0.25, 0.3) is 0 Å². The summed E-state index contributed by atoms with van der Waals surface area (Å²) in [6.45, 7) is 1.49. The summed E-state index contributed by atoms with van der Waals surface area (Å²) in [4.78, 5) is 15.0. The topological polar surface area (TPSA) is 80.0 Å². The highest BCUT2D eigenvalue weighted by Crippen LogP contribution is 2.05. The summed E-state index contributed by atoms with van der Waals surface area (Å²) in [5.41, 5.74) is 11.0. The number of rotatable bonds is 3.